The monoisotopic (exact) mass is 586 g/mol. The van der Waals surface area contributed by atoms with Crippen LogP contribution in [0, 0.1) is 11.7 Å². The zero-order valence-electron chi connectivity index (χ0n) is 18.9. The number of rotatable bonds is 7. The Morgan fingerprint density at radius 1 is 0.972 bits per heavy atom. The van der Waals surface area contributed by atoms with Crippen LogP contribution in [0.3, 0.4) is 0 Å². The van der Waals surface area contributed by atoms with Gasteiger partial charge in [-0.25, -0.2) is 4.39 Å². The number of halogens is 6. The van der Waals surface area contributed by atoms with Crippen LogP contribution in [0.5, 0.6) is 0 Å². The molecule has 1 fully saturated rings. The van der Waals surface area contributed by atoms with E-state index in [4.69, 9.17) is 58.0 Å². The maximum absolute atomic E-state index is 13.4. The lowest BCUT2D eigenvalue weighted by atomic mass is 10.1. The largest absolute Gasteiger partial charge is 0.326 e. The van der Waals surface area contributed by atoms with Crippen molar-refractivity contribution in [3.05, 3.63) is 92.7 Å². The van der Waals surface area contributed by atoms with E-state index >= 15 is 0 Å². The number of benzene rings is 3. The predicted octanol–water partition coefficient (Wildman–Crippen LogP) is 8.37. The molecule has 1 aliphatic carbocycles. The van der Waals surface area contributed by atoms with Crippen LogP contribution in [0.15, 0.2) is 60.7 Å². The summed E-state index contributed by atoms with van der Waals surface area (Å²) < 4.78 is 12.1. The molecule has 2 atom stereocenters. The molecule has 10 heteroatoms. The van der Waals surface area contributed by atoms with Crippen LogP contribution in [-0.2, 0) is 4.79 Å². The van der Waals surface area contributed by atoms with Gasteiger partial charge in [-0.2, -0.15) is 0 Å². The minimum absolute atomic E-state index is 0.184. The van der Waals surface area contributed by atoms with Crippen LogP contribution in [-0.4, -0.2) is 22.7 Å². The van der Waals surface area contributed by atoms with Crippen molar-refractivity contribution in [2.75, 3.05) is 16.8 Å². The summed E-state index contributed by atoms with van der Waals surface area (Å²) in [7, 11) is 0. The summed E-state index contributed by atoms with van der Waals surface area (Å²) in [6.07, 6.45) is 0.668. The lowest BCUT2D eigenvalue weighted by molar-refractivity contribution is -0.117. The SMILES string of the molecule is CCCN(C(=O)c1cc(NC(=O)C2C(c3cc(Cl)cc(Cl)c3)C2(Cl)Cl)ccc1Cl)c1ccc(F)cc1. The van der Waals surface area contributed by atoms with Gasteiger partial charge >= 0.3 is 0 Å². The molecular weight excluding hydrogens is 569 g/mol. The summed E-state index contributed by atoms with van der Waals surface area (Å²) in [5.41, 5.74) is 1.72. The van der Waals surface area contributed by atoms with E-state index < -0.39 is 27.9 Å². The molecule has 2 amide bonds. The van der Waals surface area contributed by atoms with Gasteiger partial charge in [0.15, 0.2) is 0 Å². The summed E-state index contributed by atoms with van der Waals surface area (Å²) in [6.45, 7) is 2.32. The topological polar surface area (TPSA) is 49.4 Å². The Morgan fingerprint density at radius 2 is 1.61 bits per heavy atom. The first-order chi connectivity index (χ1) is 17.0. The molecule has 0 bridgehead atoms. The molecule has 0 heterocycles. The van der Waals surface area contributed by atoms with E-state index in [0.717, 1.165) is 0 Å². The molecule has 4 rings (SSSR count). The second kappa shape index (κ2) is 10.8. The normalized spacial score (nSPS) is 18.0. The Morgan fingerprint density at radius 3 is 2.22 bits per heavy atom. The second-order valence-electron chi connectivity index (χ2n) is 8.45. The van der Waals surface area contributed by atoms with Gasteiger partial charge in [-0.05, 0) is 72.6 Å². The highest BCUT2D eigenvalue weighted by molar-refractivity contribution is 6.53. The fourth-order valence-corrected chi connectivity index (χ4v) is 5.72. The second-order valence-corrected chi connectivity index (χ2v) is 11.2. The fraction of sp³-hybridized carbons (Fsp3) is 0.231. The predicted molar refractivity (Wildman–Crippen MR) is 146 cm³/mol. The third-order valence-corrected chi connectivity index (χ3v) is 7.58. The summed E-state index contributed by atoms with van der Waals surface area (Å²) >= 11 is 31.4. The zero-order chi connectivity index (χ0) is 26.2. The van der Waals surface area contributed by atoms with Crippen LogP contribution in [0.4, 0.5) is 15.8 Å². The smallest absolute Gasteiger partial charge is 0.259 e. The Kier molecular flexibility index (Phi) is 8.08. The van der Waals surface area contributed by atoms with Gasteiger partial charge in [-0.3, -0.25) is 9.59 Å². The molecule has 0 aromatic heterocycles. The molecule has 1 N–H and O–H groups in total. The van der Waals surface area contributed by atoms with Crippen LogP contribution in [0.1, 0.15) is 35.2 Å². The van der Waals surface area contributed by atoms with Crippen LogP contribution in [0.25, 0.3) is 0 Å². The molecule has 3 aromatic carbocycles. The molecule has 188 valence electrons. The lowest BCUT2D eigenvalue weighted by Crippen LogP contribution is -2.32. The van der Waals surface area contributed by atoms with Crippen molar-refractivity contribution in [3.8, 4) is 0 Å². The highest BCUT2D eigenvalue weighted by Gasteiger charge is 2.67. The van der Waals surface area contributed by atoms with Gasteiger partial charge in [0.2, 0.25) is 5.91 Å². The lowest BCUT2D eigenvalue weighted by Gasteiger charge is -2.23. The van der Waals surface area contributed by atoms with E-state index in [1.54, 1.807) is 24.3 Å². The molecule has 1 saturated carbocycles. The van der Waals surface area contributed by atoms with E-state index in [-0.39, 0.29) is 16.5 Å². The molecule has 0 aliphatic heterocycles. The summed E-state index contributed by atoms with van der Waals surface area (Å²) in [4.78, 5) is 28.0. The molecule has 0 radical (unpaired) electrons. The average molecular weight is 589 g/mol. The molecular formula is C26H20Cl5FN2O2. The zero-order valence-corrected chi connectivity index (χ0v) is 22.7. The van der Waals surface area contributed by atoms with Crippen molar-refractivity contribution in [3.63, 3.8) is 0 Å². The van der Waals surface area contributed by atoms with E-state index in [2.05, 4.69) is 5.32 Å². The maximum Gasteiger partial charge on any atom is 0.259 e. The minimum atomic E-state index is -1.34. The highest BCUT2D eigenvalue weighted by atomic mass is 35.5. The Labute approximate surface area is 233 Å². The molecule has 3 aromatic rings. The van der Waals surface area contributed by atoms with Crippen LogP contribution in [0.2, 0.25) is 15.1 Å². The number of carbonyl (C=O) groups excluding carboxylic acids is 2. The van der Waals surface area contributed by atoms with Crippen molar-refractivity contribution in [1.82, 2.24) is 0 Å². The Balaban J connectivity index is 1.56. The van der Waals surface area contributed by atoms with E-state index in [9.17, 15) is 14.0 Å². The quantitative estimate of drug-likeness (QED) is 0.282. The molecule has 0 spiro atoms. The van der Waals surface area contributed by atoms with Crippen molar-refractivity contribution in [1.29, 1.82) is 0 Å². The highest BCUT2D eigenvalue weighted by Crippen LogP contribution is 2.65. The van der Waals surface area contributed by atoms with Gasteiger partial charge < -0.3 is 10.2 Å². The first-order valence-electron chi connectivity index (χ1n) is 11.0. The first-order valence-corrected chi connectivity index (χ1v) is 12.9. The number of amides is 2. The number of carbonyl (C=O) groups is 2. The Bertz CT molecular complexity index is 1300. The van der Waals surface area contributed by atoms with Crippen LogP contribution < -0.4 is 10.2 Å². The summed E-state index contributed by atoms with van der Waals surface area (Å²) in [6, 6.07) is 15.1. The average Bonchev–Trinajstić information content (AvgIpc) is 3.40. The van der Waals surface area contributed by atoms with Gasteiger partial charge in [0, 0.05) is 33.9 Å². The van der Waals surface area contributed by atoms with E-state index in [1.165, 1.54) is 41.3 Å². The van der Waals surface area contributed by atoms with E-state index in [1.807, 2.05) is 6.92 Å². The van der Waals surface area contributed by atoms with Crippen molar-refractivity contribution < 1.29 is 14.0 Å². The third-order valence-electron chi connectivity index (χ3n) is 5.87. The van der Waals surface area contributed by atoms with Crippen molar-refractivity contribution in [2.45, 2.75) is 23.6 Å². The molecule has 4 nitrogen and oxygen atoms in total. The number of hydrogen-bond donors (Lipinski definition) is 1. The molecule has 1 aliphatic rings. The minimum Gasteiger partial charge on any atom is -0.326 e. The fourth-order valence-electron chi connectivity index (χ4n) is 4.15. The van der Waals surface area contributed by atoms with Crippen molar-refractivity contribution >= 4 is 81.2 Å². The standard InChI is InChI=1S/C26H20Cl5FN2O2/c1-2-9-34(19-6-3-17(32)4-7-19)25(36)20-13-18(5-8-21(20)29)33-24(35)23-22(26(23,30)31)14-10-15(27)12-16(28)11-14/h3-8,10-13,22-23H,2,9H2,1H3,(H,33,35). The number of alkyl halides is 2. The molecule has 0 saturated heterocycles. The summed E-state index contributed by atoms with van der Waals surface area (Å²) in [5.74, 6) is -2.49. The number of anilines is 2. The first kappa shape index (κ1) is 27.0. The van der Waals surface area contributed by atoms with Gasteiger partial charge in [0.1, 0.15) is 10.2 Å². The van der Waals surface area contributed by atoms with Crippen molar-refractivity contribution in [2.24, 2.45) is 5.92 Å². The maximum atomic E-state index is 13.4. The number of nitrogens with one attached hydrogen (secondary N) is 1. The number of hydrogen-bond acceptors (Lipinski definition) is 2. The number of nitrogens with zero attached hydrogens (tertiary/aromatic N) is 1. The third kappa shape index (κ3) is 5.61. The van der Waals surface area contributed by atoms with E-state index in [0.29, 0.717) is 39.9 Å². The van der Waals surface area contributed by atoms with Gasteiger partial charge in [-0.15, -0.1) is 23.2 Å². The molecule has 36 heavy (non-hydrogen) atoms. The Hall–Kier alpha value is -2.02. The summed E-state index contributed by atoms with van der Waals surface area (Å²) in [5, 5.41) is 3.80. The van der Waals surface area contributed by atoms with Gasteiger partial charge in [0.05, 0.1) is 16.5 Å². The van der Waals surface area contributed by atoms with Gasteiger partial charge in [-0.1, -0.05) is 41.7 Å². The van der Waals surface area contributed by atoms with Crippen LogP contribution >= 0.6 is 58.0 Å². The molecule has 2 unspecified atom stereocenters. The van der Waals surface area contributed by atoms with Gasteiger partial charge in [0.25, 0.3) is 5.91 Å².